The summed E-state index contributed by atoms with van der Waals surface area (Å²) in [7, 11) is 0. The van der Waals surface area contributed by atoms with Gasteiger partial charge in [-0.15, -0.1) is 11.3 Å². The number of benzene rings is 2. The van der Waals surface area contributed by atoms with E-state index in [4.69, 9.17) is 34.8 Å². The third kappa shape index (κ3) is 4.67. The molecule has 0 aliphatic heterocycles. The van der Waals surface area contributed by atoms with Crippen LogP contribution in [0.3, 0.4) is 0 Å². The summed E-state index contributed by atoms with van der Waals surface area (Å²) >= 11 is 19.3. The molecule has 8 heteroatoms. The topological polar surface area (TPSA) is 66.4 Å². The lowest BCUT2D eigenvalue weighted by atomic mass is 10.0. The van der Waals surface area contributed by atoms with Crippen molar-refractivity contribution in [1.29, 1.82) is 0 Å². The number of carbonyl (C=O) groups excluding carboxylic acids is 1. The fourth-order valence-corrected chi connectivity index (χ4v) is 4.39. The molecule has 2 aromatic carbocycles. The van der Waals surface area contributed by atoms with Crippen molar-refractivity contribution in [1.82, 2.24) is 0 Å². The second-order valence-corrected chi connectivity index (χ2v) is 8.04. The first kappa shape index (κ1) is 20.7. The molecule has 0 atom stereocenters. The molecule has 4 nitrogen and oxygen atoms in total. The summed E-state index contributed by atoms with van der Waals surface area (Å²) in [5.41, 5.74) is 1.98. The van der Waals surface area contributed by atoms with E-state index in [2.05, 4.69) is 5.32 Å². The summed E-state index contributed by atoms with van der Waals surface area (Å²) in [5, 5.41) is 15.9. The highest BCUT2D eigenvalue weighted by molar-refractivity contribution is 7.15. The van der Waals surface area contributed by atoms with Crippen molar-refractivity contribution in [2.24, 2.45) is 0 Å². The van der Waals surface area contributed by atoms with E-state index < -0.39 is 5.97 Å². The van der Waals surface area contributed by atoms with Crippen molar-refractivity contribution in [3.8, 4) is 11.1 Å². The van der Waals surface area contributed by atoms with Gasteiger partial charge in [0.15, 0.2) is 0 Å². The molecule has 0 radical (unpaired) electrons. The minimum atomic E-state index is -1.12. The Morgan fingerprint density at radius 1 is 1.00 bits per heavy atom. The highest BCUT2D eigenvalue weighted by Crippen LogP contribution is 2.36. The van der Waals surface area contributed by atoms with Gasteiger partial charge < -0.3 is 10.4 Å². The van der Waals surface area contributed by atoms with Gasteiger partial charge in [-0.1, -0.05) is 53.0 Å². The normalized spacial score (nSPS) is 10.7. The maximum atomic E-state index is 12.4. The average molecular weight is 455 g/mol. The maximum absolute atomic E-state index is 12.4. The molecule has 0 bridgehead atoms. The maximum Gasteiger partial charge on any atom is 0.339 e. The zero-order valence-corrected chi connectivity index (χ0v) is 17.4. The van der Waals surface area contributed by atoms with Gasteiger partial charge in [0.25, 0.3) is 0 Å². The summed E-state index contributed by atoms with van der Waals surface area (Å²) in [6.45, 7) is 0. The Kier molecular flexibility index (Phi) is 6.62. The molecule has 2 N–H and O–H groups in total. The van der Waals surface area contributed by atoms with Crippen molar-refractivity contribution in [2.45, 2.75) is 12.8 Å². The highest BCUT2D eigenvalue weighted by Gasteiger charge is 2.21. The van der Waals surface area contributed by atoms with Crippen molar-refractivity contribution < 1.29 is 14.7 Å². The van der Waals surface area contributed by atoms with E-state index in [0.717, 1.165) is 11.3 Å². The smallest absolute Gasteiger partial charge is 0.339 e. The first-order valence-corrected chi connectivity index (χ1v) is 10.2. The van der Waals surface area contributed by atoms with Crippen molar-refractivity contribution >= 4 is 63.0 Å². The molecule has 0 spiro atoms. The molecular formula is C20H14Cl3NO3S. The molecule has 0 aliphatic rings. The molecular weight excluding hydrogens is 441 g/mol. The van der Waals surface area contributed by atoms with E-state index >= 15 is 0 Å². The van der Waals surface area contributed by atoms with Crippen LogP contribution in [0.1, 0.15) is 22.3 Å². The zero-order chi connectivity index (χ0) is 20.3. The van der Waals surface area contributed by atoms with Crippen molar-refractivity contribution in [2.75, 3.05) is 5.32 Å². The van der Waals surface area contributed by atoms with E-state index in [0.29, 0.717) is 38.2 Å². The lowest BCUT2D eigenvalue weighted by molar-refractivity contribution is -0.116. The zero-order valence-electron chi connectivity index (χ0n) is 14.3. The number of hydrogen-bond donors (Lipinski definition) is 2. The van der Waals surface area contributed by atoms with Crippen LogP contribution in [-0.4, -0.2) is 17.0 Å². The summed E-state index contributed by atoms with van der Waals surface area (Å²) < 4.78 is 0. The number of halogens is 3. The van der Waals surface area contributed by atoms with Gasteiger partial charge in [-0.25, -0.2) is 4.79 Å². The van der Waals surface area contributed by atoms with Crippen LogP contribution in [0.5, 0.6) is 0 Å². The molecule has 1 heterocycles. The molecule has 144 valence electrons. The number of aromatic carboxylic acids is 1. The van der Waals surface area contributed by atoms with Gasteiger partial charge in [0.2, 0.25) is 5.91 Å². The van der Waals surface area contributed by atoms with Gasteiger partial charge in [0, 0.05) is 32.4 Å². The standard InChI is InChI=1S/C20H14Cl3NO3S/c21-12-6-4-11(5-7-12)14-10-28-19(18(14)20(26)27)24-17(25)9-8-13-15(22)2-1-3-16(13)23/h1-7,10H,8-9H2,(H,24,25)(H,26,27). The van der Waals surface area contributed by atoms with E-state index in [-0.39, 0.29) is 22.9 Å². The van der Waals surface area contributed by atoms with Gasteiger partial charge >= 0.3 is 5.97 Å². The number of hydrogen-bond acceptors (Lipinski definition) is 3. The summed E-state index contributed by atoms with van der Waals surface area (Å²) in [4.78, 5) is 24.2. The van der Waals surface area contributed by atoms with Crippen molar-refractivity contribution in [3.05, 3.63) is 74.0 Å². The van der Waals surface area contributed by atoms with E-state index in [9.17, 15) is 14.7 Å². The largest absolute Gasteiger partial charge is 0.478 e. The van der Waals surface area contributed by atoms with E-state index in [1.54, 1.807) is 47.8 Å². The molecule has 0 unspecified atom stereocenters. The molecule has 1 amide bonds. The number of rotatable bonds is 6. The molecule has 1 aromatic heterocycles. The van der Waals surface area contributed by atoms with Crippen LogP contribution < -0.4 is 5.32 Å². The molecule has 0 aliphatic carbocycles. The van der Waals surface area contributed by atoms with Gasteiger partial charge in [0.1, 0.15) is 10.6 Å². The van der Waals surface area contributed by atoms with E-state index in [1.165, 1.54) is 0 Å². The predicted octanol–water partition coefficient (Wildman–Crippen LogP) is 6.64. The number of carboxylic acids is 1. The average Bonchev–Trinajstić information content (AvgIpc) is 3.05. The van der Waals surface area contributed by atoms with Crippen LogP contribution in [0.4, 0.5) is 5.00 Å². The fourth-order valence-electron chi connectivity index (χ4n) is 2.70. The number of anilines is 1. The third-order valence-electron chi connectivity index (χ3n) is 4.08. The van der Waals surface area contributed by atoms with Crippen LogP contribution in [-0.2, 0) is 11.2 Å². The monoisotopic (exact) mass is 453 g/mol. The first-order chi connectivity index (χ1) is 13.4. The quantitative estimate of drug-likeness (QED) is 0.438. The SMILES string of the molecule is O=C(CCc1c(Cl)cccc1Cl)Nc1scc(-c2ccc(Cl)cc2)c1C(=O)O. The number of carboxylic acid groups (broad SMARTS) is 1. The Bertz CT molecular complexity index is 1010. The minimum absolute atomic E-state index is 0.0523. The lowest BCUT2D eigenvalue weighted by Gasteiger charge is -2.08. The fraction of sp³-hybridized carbons (Fsp3) is 0.100. The van der Waals surface area contributed by atoms with Gasteiger partial charge in [-0.05, 0) is 41.8 Å². The van der Waals surface area contributed by atoms with Crippen LogP contribution in [0.25, 0.3) is 11.1 Å². The van der Waals surface area contributed by atoms with Crippen LogP contribution in [0, 0.1) is 0 Å². The molecule has 0 fully saturated rings. The second-order valence-electron chi connectivity index (χ2n) is 5.91. The number of nitrogens with one attached hydrogen (secondary N) is 1. The first-order valence-electron chi connectivity index (χ1n) is 8.20. The number of amides is 1. The minimum Gasteiger partial charge on any atom is -0.478 e. The van der Waals surface area contributed by atoms with Gasteiger partial charge in [0.05, 0.1) is 0 Å². The number of carbonyl (C=O) groups is 2. The van der Waals surface area contributed by atoms with Crippen molar-refractivity contribution in [3.63, 3.8) is 0 Å². The predicted molar refractivity (Wildman–Crippen MR) is 115 cm³/mol. The Labute approximate surface area is 180 Å². The Hall–Kier alpha value is -2.05. The summed E-state index contributed by atoms with van der Waals surface area (Å²) in [6.07, 6.45) is 0.471. The summed E-state index contributed by atoms with van der Waals surface area (Å²) in [6, 6.07) is 12.0. The van der Waals surface area contributed by atoms with Gasteiger partial charge in [-0.3, -0.25) is 4.79 Å². The molecule has 0 saturated carbocycles. The number of thiophene rings is 1. The molecule has 28 heavy (non-hydrogen) atoms. The molecule has 0 saturated heterocycles. The van der Waals surface area contributed by atoms with Crippen LogP contribution >= 0.6 is 46.1 Å². The summed E-state index contributed by atoms with van der Waals surface area (Å²) in [5.74, 6) is -1.43. The van der Waals surface area contributed by atoms with Crippen LogP contribution in [0.15, 0.2) is 47.8 Å². The highest BCUT2D eigenvalue weighted by atomic mass is 35.5. The Balaban J connectivity index is 1.77. The molecule has 3 aromatic rings. The third-order valence-corrected chi connectivity index (χ3v) is 5.93. The van der Waals surface area contributed by atoms with Gasteiger partial charge in [-0.2, -0.15) is 0 Å². The lowest BCUT2D eigenvalue weighted by Crippen LogP contribution is -2.14. The van der Waals surface area contributed by atoms with E-state index in [1.807, 2.05) is 0 Å². The van der Waals surface area contributed by atoms with Crippen LogP contribution in [0.2, 0.25) is 15.1 Å². The molecule has 3 rings (SSSR count). The Morgan fingerprint density at radius 2 is 1.64 bits per heavy atom. The second kappa shape index (κ2) is 8.97. The Morgan fingerprint density at radius 3 is 2.25 bits per heavy atom.